The van der Waals surface area contributed by atoms with Gasteiger partial charge in [0.2, 0.25) is 0 Å². The van der Waals surface area contributed by atoms with E-state index in [-0.39, 0.29) is 40.3 Å². The van der Waals surface area contributed by atoms with Crippen molar-refractivity contribution < 1.29 is 19.4 Å². The Morgan fingerprint density at radius 3 is 2.72 bits per heavy atom. The molecule has 1 aromatic carbocycles. The molecule has 0 unspecified atom stereocenters. The van der Waals surface area contributed by atoms with E-state index in [9.17, 15) is 14.7 Å². The van der Waals surface area contributed by atoms with Gasteiger partial charge in [-0.1, -0.05) is 29.3 Å². The highest BCUT2D eigenvalue weighted by Gasteiger charge is 2.30. The van der Waals surface area contributed by atoms with Crippen molar-refractivity contribution in [3.63, 3.8) is 0 Å². The largest absolute Gasteiger partial charge is 0.480 e. The van der Waals surface area contributed by atoms with Crippen molar-refractivity contribution in [2.75, 3.05) is 6.61 Å². The molecule has 7 nitrogen and oxygen atoms in total. The van der Waals surface area contributed by atoms with Crippen LogP contribution in [-0.4, -0.2) is 40.7 Å². The van der Waals surface area contributed by atoms with Crippen LogP contribution >= 0.6 is 23.2 Å². The Morgan fingerprint density at radius 2 is 1.97 bits per heavy atom. The second-order valence-electron chi connectivity index (χ2n) is 9.53. The van der Waals surface area contributed by atoms with Crippen molar-refractivity contribution in [3.05, 3.63) is 62.4 Å². The van der Waals surface area contributed by atoms with Crippen molar-refractivity contribution in [1.29, 1.82) is 5.26 Å². The first-order chi connectivity index (χ1) is 17.4. The molecule has 1 amide bonds. The molecule has 9 heteroatoms. The first-order valence-electron chi connectivity index (χ1n) is 12.4. The van der Waals surface area contributed by atoms with Crippen LogP contribution in [0.25, 0.3) is 0 Å². The summed E-state index contributed by atoms with van der Waals surface area (Å²) in [6, 6.07) is 7.90. The zero-order valence-corrected chi connectivity index (χ0v) is 21.4. The van der Waals surface area contributed by atoms with E-state index >= 15 is 0 Å². The molecule has 0 radical (unpaired) electrons. The number of amides is 1. The molecule has 0 aliphatic heterocycles. The molecular formula is C27H29Cl2N3O4. The number of benzene rings is 1. The molecule has 2 aliphatic rings. The predicted molar refractivity (Wildman–Crippen MR) is 136 cm³/mol. The van der Waals surface area contributed by atoms with Gasteiger partial charge in [0.1, 0.15) is 12.1 Å². The number of rotatable bonds is 10. The van der Waals surface area contributed by atoms with Gasteiger partial charge in [0.05, 0.1) is 27.3 Å². The molecular weight excluding hydrogens is 501 g/mol. The quantitative estimate of drug-likeness (QED) is 0.440. The number of hydrogen-bond donors (Lipinski definition) is 2. The Kier molecular flexibility index (Phi) is 8.84. The molecule has 36 heavy (non-hydrogen) atoms. The Morgan fingerprint density at radius 1 is 1.19 bits per heavy atom. The predicted octanol–water partition coefficient (Wildman–Crippen LogP) is 5.14. The molecule has 1 fully saturated rings. The summed E-state index contributed by atoms with van der Waals surface area (Å²) in [5, 5.41) is 21.0. The minimum absolute atomic E-state index is 0.0444. The van der Waals surface area contributed by atoms with Crippen LogP contribution in [0.15, 0.2) is 24.3 Å². The van der Waals surface area contributed by atoms with E-state index in [0.29, 0.717) is 5.92 Å². The number of aryl methyl sites for hydroxylation is 3. The van der Waals surface area contributed by atoms with Crippen molar-refractivity contribution in [2.45, 2.75) is 69.9 Å². The third-order valence-corrected chi connectivity index (χ3v) is 7.75. The number of hydrogen-bond acceptors (Lipinski definition) is 5. The number of carbonyl (C=O) groups is 2. The van der Waals surface area contributed by atoms with Gasteiger partial charge in [0, 0.05) is 24.4 Å². The lowest BCUT2D eigenvalue weighted by molar-refractivity contribution is -0.140. The van der Waals surface area contributed by atoms with Crippen molar-refractivity contribution in [2.24, 2.45) is 5.92 Å². The van der Waals surface area contributed by atoms with E-state index in [0.717, 1.165) is 38.5 Å². The van der Waals surface area contributed by atoms with Crippen LogP contribution in [0.4, 0.5) is 0 Å². The molecule has 0 spiro atoms. The number of nitrogens with zero attached hydrogens (tertiary/aromatic N) is 2. The summed E-state index contributed by atoms with van der Waals surface area (Å²) in [5.41, 5.74) is 3.82. The van der Waals surface area contributed by atoms with Gasteiger partial charge in [-0.2, -0.15) is 5.26 Å². The number of aromatic nitrogens is 1. The van der Waals surface area contributed by atoms with Crippen LogP contribution in [-0.2, 0) is 28.8 Å². The minimum Gasteiger partial charge on any atom is -0.480 e. The summed E-state index contributed by atoms with van der Waals surface area (Å²) < 4.78 is 5.86. The molecule has 1 heterocycles. The number of aliphatic carboxylic acids is 1. The van der Waals surface area contributed by atoms with Gasteiger partial charge in [-0.15, -0.1) is 0 Å². The van der Waals surface area contributed by atoms with Crippen molar-refractivity contribution in [1.82, 2.24) is 10.3 Å². The molecule has 2 aromatic rings. The zero-order valence-electron chi connectivity index (χ0n) is 19.9. The Labute approximate surface area is 220 Å². The number of ether oxygens (including phenoxy) is 1. The fourth-order valence-electron chi connectivity index (χ4n) is 4.85. The molecule has 190 valence electrons. The molecule has 2 N–H and O–H groups in total. The summed E-state index contributed by atoms with van der Waals surface area (Å²) in [6.07, 6.45) is 8.87. The van der Waals surface area contributed by atoms with Crippen LogP contribution in [0.1, 0.15) is 71.4 Å². The van der Waals surface area contributed by atoms with E-state index < -0.39 is 17.9 Å². The molecule has 0 bridgehead atoms. The van der Waals surface area contributed by atoms with E-state index in [2.05, 4.69) is 17.4 Å². The van der Waals surface area contributed by atoms with Crippen LogP contribution < -0.4 is 5.32 Å². The highest BCUT2D eigenvalue weighted by atomic mass is 35.5. The first kappa shape index (κ1) is 26.4. The van der Waals surface area contributed by atoms with Gasteiger partial charge < -0.3 is 15.2 Å². The van der Waals surface area contributed by atoms with E-state index in [4.69, 9.17) is 38.2 Å². The van der Waals surface area contributed by atoms with Crippen LogP contribution in [0.2, 0.25) is 10.0 Å². The molecule has 4 rings (SSSR count). The smallest absolute Gasteiger partial charge is 0.326 e. The molecule has 1 atom stereocenters. The summed E-state index contributed by atoms with van der Waals surface area (Å²) in [4.78, 5) is 29.2. The van der Waals surface area contributed by atoms with Gasteiger partial charge in [0.15, 0.2) is 0 Å². The maximum absolute atomic E-state index is 12.6. The van der Waals surface area contributed by atoms with Crippen LogP contribution in [0, 0.1) is 17.2 Å². The van der Waals surface area contributed by atoms with Crippen LogP contribution in [0.3, 0.4) is 0 Å². The Hall–Kier alpha value is -2.66. The standard InChI is InChI=1S/C27H29Cl2N3O4/c28-21-10-7-18(15-30)25(29)24(21)26(33)32-23(27(34)35)11-12-36-20-13-16(14-20)5-8-19-9-6-17-3-1-2-4-22(17)31-19/h6-7,9-10,16,20,23H,1-5,8,11-14H2,(H,32,33)(H,34,35)/t16?,20?,23-/m0/s1. The highest BCUT2D eigenvalue weighted by molar-refractivity contribution is 6.40. The van der Waals surface area contributed by atoms with Crippen molar-refractivity contribution >= 4 is 35.1 Å². The summed E-state index contributed by atoms with van der Waals surface area (Å²) >= 11 is 12.2. The fourth-order valence-corrected chi connectivity index (χ4v) is 5.44. The second-order valence-corrected chi connectivity index (χ2v) is 10.3. The maximum atomic E-state index is 12.6. The SMILES string of the molecule is N#Cc1ccc(Cl)c(C(=O)N[C@@H](CCOC2CC(CCc3ccc4c(n3)CCCC4)C2)C(=O)O)c1Cl. The molecule has 1 aromatic heterocycles. The lowest BCUT2D eigenvalue weighted by Crippen LogP contribution is -2.42. The maximum Gasteiger partial charge on any atom is 0.326 e. The van der Waals surface area contributed by atoms with Crippen molar-refractivity contribution in [3.8, 4) is 6.07 Å². The molecule has 2 aliphatic carbocycles. The summed E-state index contributed by atoms with van der Waals surface area (Å²) in [7, 11) is 0. The van der Waals surface area contributed by atoms with E-state index in [1.54, 1.807) is 0 Å². The number of carbonyl (C=O) groups excluding carboxylic acids is 1. The number of nitriles is 1. The summed E-state index contributed by atoms with van der Waals surface area (Å²) in [5.74, 6) is -1.34. The normalized spacial score (nSPS) is 19.5. The van der Waals surface area contributed by atoms with Crippen LogP contribution in [0.5, 0.6) is 0 Å². The zero-order chi connectivity index (χ0) is 25.7. The van der Waals surface area contributed by atoms with E-state index in [1.807, 2.05) is 6.07 Å². The number of nitrogens with one attached hydrogen (secondary N) is 1. The third kappa shape index (κ3) is 6.36. The number of fused-ring (bicyclic) bond motifs is 1. The number of carboxylic acid groups (broad SMARTS) is 1. The topological polar surface area (TPSA) is 112 Å². The second kappa shape index (κ2) is 12.1. The van der Waals surface area contributed by atoms with Gasteiger partial charge in [0.25, 0.3) is 5.91 Å². The monoisotopic (exact) mass is 529 g/mol. The lowest BCUT2D eigenvalue weighted by Gasteiger charge is -2.35. The average molecular weight is 530 g/mol. The molecule has 1 saturated carbocycles. The third-order valence-electron chi connectivity index (χ3n) is 7.04. The lowest BCUT2D eigenvalue weighted by atomic mass is 9.79. The Bertz CT molecular complexity index is 1170. The molecule has 0 saturated heterocycles. The Balaban J connectivity index is 1.19. The average Bonchev–Trinajstić information content (AvgIpc) is 2.84. The van der Waals surface area contributed by atoms with Gasteiger partial charge in [-0.05, 0) is 81.0 Å². The first-order valence-corrected chi connectivity index (χ1v) is 13.1. The van der Waals surface area contributed by atoms with Gasteiger partial charge in [-0.25, -0.2) is 4.79 Å². The fraction of sp³-hybridized carbons (Fsp3) is 0.481. The van der Waals surface area contributed by atoms with Gasteiger partial charge in [-0.3, -0.25) is 9.78 Å². The number of carboxylic acids is 1. The number of pyridine rings is 1. The van der Waals surface area contributed by atoms with Gasteiger partial charge >= 0.3 is 5.97 Å². The summed E-state index contributed by atoms with van der Waals surface area (Å²) in [6.45, 7) is 0.209. The highest BCUT2D eigenvalue weighted by Crippen LogP contribution is 2.34. The minimum atomic E-state index is -1.18. The number of halogens is 2. The van der Waals surface area contributed by atoms with E-state index in [1.165, 1.54) is 41.9 Å².